The van der Waals surface area contributed by atoms with Gasteiger partial charge in [-0.15, -0.1) is 0 Å². The molecule has 1 atom stereocenters. The van der Waals surface area contributed by atoms with Crippen LogP contribution in [-0.4, -0.2) is 28.9 Å². The molecule has 0 spiro atoms. The number of nitrogens with one attached hydrogen (secondary N) is 2. The minimum atomic E-state index is -1.11. The fourth-order valence-corrected chi connectivity index (χ4v) is 2.80. The molecule has 3 rings (SSSR count). The van der Waals surface area contributed by atoms with Crippen LogP contribution in [0.2, 0.25) is 5.02 Å². The largest absolute Gasteiger partial charge is 0.449 e. The van der Waals surface area contributed by atoms with E-state index in [0.29, 0.717) is 16.4 Å². The predicted octanol–water partition coefficient (Wildman–Crippen LogP) is 4.31. The monoisotopic (exact) mass is 417 g/mol. The number of halogens is 1. The van der Waals surface area contributed by atoms with Crippen molar-refractivity contribution in [2.45, 2.75) is 38.8 Å². The summed E-state index contributed by atoms with van der Waals surface area (Å²) >= 11 is 5.94. The number of nitrogens with zero attached hydrogens (tertiary/aromatic N) is 1. The molecule has 8 nitrogen and oxygen atoms in total. The molecular weight excluding hydrogens is 398 g/mol. The lowest BCUT2D eigenvalue weighted by Crippen LogP contribution is -2.30. The normalized spacial score (nSPS) is 14.0. The van der Waals surface area contributed by atoms with Crippen LogP contribution in [0.1, 0.15) is 35.7 Å². The van der Waals surface area contributed by atoms with Crippen molar-refractivity contribution in [3.8, 4) is 0 Å². The molecule has 0 radical (unpaired) electrons. The Balaban J connectivity index is 1.68. The quantitative estimate of drug-likeness (QED) is 0.394. The van der Waals surface area contributed by atoms with Crippen LogP contribution >= 0.6 is 11.6 Å². The number of rotatable bonds is 7. The van der Waals surface area contributed by atoms with E-state index in [1.807, 2.05) is 0 Å². The van der Waals surface area contributed by atoms with E-state index >= 15 is 0 Å². The maximum absolute atomic E-state index is 12.4. The standard InChI is InChI=1S/C20H20ClN3O5/c1-11-3-5-14(21)10-17(11)23-19(25)12(2)29-20(26)13-4-8-16(22-15-6-7-15)18(9-13)24(27)28/h3-5,8-10,12,15,22H,6-7H2,1-2H3,(H,23,25)/t12-/m1/s1. The molecule has 1 fully saturated rings. The third-order valence-corrected chi connectivity index (χ3v) is 4.71. The van der Waals surface area contributed by atoms with Gasteiger partial charge in [-0.3, -0.25) is 14.9 Å². The Kier molecular flexibility index (Phi) is 6.03. The zero-order valence-corrected chi connectivity index (χ0v) is 16.7. The second-order valence-electron chi connectivity index (χ2n) is 6.90. The lowest BCUT2D eigenvalue weighted by Gasteiger charge is -2.15. The molecule has 0 aliphatic heterocycles. The van der Waals surface area contributed by atoms with Gasteiger partial charge < -0.3 is 15.4 Å². The van der Waals surface area contributed by atoms with E-state index in [4.69, 9.17) is 16.3 Å². The van der Waals surface area contributed by atoms with Gasteiger partial charge in [0.15, 0.2) is 6.10 Å². The van der Waals surface area contributed by atoms with Crippen LogP contribution in [-0.2, 0) is 9.53 Å². The molecule has 0 aromatic heterocycles. The Morgan fingerprint density at radius 3 is 2.59 bits per heavy atom. The lowest BCUT2D eigenvalue weighted by molar-refractivity contribution is -0.384. The highest BCUT2D eigenvalue weighted by molar-refractivity contribution is 6.31. The Morgan fingerprint density at radius 1 is 1.21 bits per heavy atom. The summed E-state index contributed by atoms with van der Waals surface area (Å²) in [5.41, 5.74) is 1.46. The molecule has 0 saturated heterocycles. The number of hydrogen-bond donors (Lipinski definition) is 2. The molecule has 2 aromatic carbocycles. The van der Waals surface area contributed by atoms with Crippen molar-refractivity contribution in [3.63, 3.8) is 0 Å². The summed E-state index contributed by atoms with van der Waals surface area (Å²) in [5.74, 6) is -1.36. The number of amides is 1. The lowest BCUT2D eigenvalue weighted by atomic mass is 10.1. The van der Waals surface area contributed by atoms with Gasteiger partial charge in [0.05, 0.1) is 10.5 Å². The van der Waals surface area contributed by atoms with Gasteiger partial charge in [-0.05, 0) is 56.5 Å². The van der Waals surface area contributed by atoms with Gasteiger partial charge in [0.1, 0.15) is 5.69 Å². The first-order valence-electron chi connectivity index (χ1n) is 9.07. The number of ether oxygens (including phenoxy) is 1. The second kappa shape index (κ2) is 8.48. The smallest absolute Gasteiger partial charge is 0.339 e. The van der Waals surface area contributed by atoms with E-state index in [1.54, 1.807) is 25.1 Å². The number of nitro groups is 1. The number of carbonyl (C=O) groups excluding carboxylic acids is 2. The number of aryl methyl sites for hydroxylation is 1. The molecule has 2 N–H and O–H groups in total. The number of hydrogen-bond acceptors (Lipinski definition) is 6. The third kappa shape index (κ3) is 5.23. The van der Waals surface area contributed by atoms with Gasteiger partial charge in [0, 0.05) is 22.8 Å². The van der Waals surface area contributed by atoms with Crippen molar-refractivity contribution in [1.82, 2.24) is 0 Å². The average molecular weight is 418 g/mol. The first-order chi connectivity index (χ1) is 13.7. The highest BCUT2D eigenvalue weighted by Crippen LogP contribution is 2.31. The van der Waals surface area contributed by atoms with Crippen LogP contribution in [0.5, 0.6) is 0 Å². The fraction of sp³-hybridized carbons (Fsp3) is 0.300. The van der Waals surface area contributed by atoms with Crippen molar-refractivity contribution in [1.29, 1.82) is 0 Å². The van der Waals surface area contributed by atoms with Gasteiger partial charge >= 0.3 is 5.97 Å². The maximum Gasteiger partial charge on any atom is 0.339 e. The van der Waals surface area contributed by atoms with Gasteiger partial charge in [0.2, 0.25) is 0 Å². The van der Waals surface area contributed by atoms with E-state index in [1.165, 1.54) is 19.1 Å². The van der Waals surface area contributed by atoms with Crippen LogP contribution in [0.4, 0.5) is 17.1 Å². The molecule has 1 aliphatic rings. The van der Waals surface area contributed by atoms with E-state index < -0.39 is 22.9 Å². The van der Waals surface area contributed by atoms with Crippen LogP contribution in [0, 0.1) is 17.0 Å². The fourth-order valence-electron chi connectivity index (χ4n) is 2.62. The van der Waals surface area contributed by atoms with Crippen molar-refractivity contribution < 1.29 is 19.2 Å². The maximum atomic E-state index is 12.4. The Labute approximate surface area is 172 Å². The number of nitro benzene ring substituents is 1. The first-order valence-corrected chi connectivity index (χ1v) is 9.45. The average Bonchev–Trinajstić information content (AvgIpc) is 3.48. The molecule has 29 heavy (non-hydrogen) atoms. The summed E-state index contributed by atoms with van der Waals surface area (Å²) in [4.78, 5) is 35.5. The van der Waals surface area contributed by atoms with Crippen molar-refractivity contribution in [3.05, 3.63) is 62.7 Å². The van der Waals surface area contributed by atoms with Gasteiger partial charge in [-0.1, -0.05) is 17.7 Å². The second-order valence-corrected chi connectivity index (χ2v) is 7.34. The molecule has 0 unspecified atom stereocenters. The molecule has 0 heterocycles. The van der Waals surface area contributed by atoms with E-state index in [2.05, 4.69) is 10.6 Å². The van der Waals surface area contributed by atoms with E-state index in [0.717, 1.165) is 24.5 Å². The highest BCUT2D eigenvalue weighted by Gasteiger charge is 2.26. The van der Waals surface area contributed by atoms with Crippen molar-refractivity contribution in [2.24, 2.45) is 0 Å². The molecule has 1 amide bonds. The molecule has 1 aliphatic carbocycles. The zero-order valence-electron chi connectivity index (χ0n) is 15.9. The van der Waals surface area contributed by atoms with Crippen molar-refractivity contribution in [2.75, 3.05) is 10.6 Å². The molecular formula is C20H20ClN3O5. The summed E-state index contributed by atoms with van der Waals surface area (Å²) in [5, 5.41) is 17.5. The summed E-state index contributed by atoms with van der Waals surface area (Å²) in [6, 6.07) is 9.34. The summed E-state index contributed by atoms with van der Waals surface area (Å²) in [6.07, 6.45) is 0.809. The number of carbonyl (C=O) groups is 2. The van der Waals surface area contributed by atoms with Crippen LogP contribution in [0.15, 0.2) is 36.4 Å². The van der Waals surface area contributed by atoms with Crippen LogP contribution in [0.25, 0.3) is 0 Å². The Bertz CT molecular complexity index is 975. The SMILES string of the molecule is Cc1ccc(Cl)cc1NC(=O)[C@@H](C)OC(=O)c1ccc(NC2CC2)c([N+](=O)[O-])c1. The number of anilines is 2. The van der Waals surface area contributed by atoms with Crippen LogP contribution in [0.3, 0.4) is 0 Å². The first kappa shape index (κ1) is 20.6. The highest BCUT2D eigenvalue weighted by atomic mass is 35.5. The minimum absolute atomic E-state index is 0.00312. The van der Waals surface area contributed by atoms with Gasteiger partial charge in [-0.2, -0.15) is 0 Å². The molecule has 1 saturated carbocycles. The van der Waals surface area contributed by atoms with Gasteiger partial charge in [-0.25, -0.2) is 4.79 Å². The van der Waals surface area contributed by atoms with Gasteiger partial charge in [0.25, 0.3) is 11.6 Å². The van der Waals surface area contributed by atoms with Crippen molar-refractivity contribution >= 4 is 40.5 Å². The number of benzene rings is 2. The number of esters is 1. The predicted molar refractivity (Wildman–Crippen MR) is 109 cm³/mol. The molecule has 0 bridgehead atoms. The molecule has 152 valence electrons. The van der Waals surface area contributed by atoms with Crippen LogP contribution < -0.4 is 10.6 Å². The van der Waals surface area contributed by atoms with E-state index in [9.17, 15) is 19.7 Å². The topological polar surface area (TPSA) is 111 Å². The summed E-state index contributed by atoms with van der Waals surface area (Å²) < 4.78 is 5.18. The van der Waals surface area contributed by atoms with E-state index in [-0.39, 0.29) is 17.3 Å². The zero-order chi connectivity index (χ0) is 21.1. The third-order valence-electron chi connectivity index (χ3n) is 4.48. The summed E-state index contributed by atoms with van der Waals surface area (Å²) in [7, 11) is 0. The summed E-state index contributed by atoms with van der Waals surface area (Å²) in [6.45, 7) is 3.23. The Morgan fingerprint density at radius 2 is 1.93 bits per heavy atom. The molecule has 9 heteroatoms. The Hall–Kier alpha value is -3.13. The molecule has 2 aromatic rings. The minimum Gasteiger partial charge on any atom is -0.449 e.